The van der Waals surface area contributed by atoms with Gasteiger partial charge in [-0.25, -0.2) is 9.69 Å². The van der Waals surface area contributed by atoms with Crippen LogP contribution in [0.15, 0.2) is 75.6 Å². The van der Waals surface area contributed by atoms with Gasteiger partial charge in [-0.3, -0.25) is 9.59 Å². The zero-order valence-corrected chi connectivity index (χ0v) is 24.8. The summed E-state index contributed by atoms with van der Waals surface area (Å²) in [6.45, 7) is 1.55. The van der Waals surface area contributed by atoms with E-state index in [1.807, 2.05) is 60.7 Å². The summed E-state index contributed by atoms with van der Waals surface area (Å²) in [5.41, 5.74) is 1.83. The van der Waals surface area contributed by atoms with Gasteiger partial charge in [0.1, 0.15) is 18.1 Å². The Hall–Kier alpha value is -3.43. The first-order valence-electron chi connectivity index (χ1n) is 14.0. The van der Waals surface area contributed by atoms with Crippen molar-refractivity contribution >= 4 is 33.9 Å². The lowest BCUT2D eigenvalue weighted by Gasteiger charge is -2.29. The molecule has 3 unspecified atom stereocenters. The molecule has 3 atom stereocenters. The quantitative estimate of drug-likeness (QED) is 0.168. The fraction of sp³-hybridized carbons (Fsp3) is 0.406. The number of hydrogen-bond acceptors (Lipinski definition) is 7. The van der Waals surface area contributed by atoms with Crippen molar-refractivity contribution in [1.29, 1.82) is 0 Å². The first-order valence-corrected chi connectivity index (χ1v) is 14.8. The van der Waals surface area contributed by atoms with Gasteiger partial charge in [0.15, 0.2) is 6.10 Å². The lowest BCUT2D eigenvalue weighted by Crippen LogP contribution is -2.46. The van der Waals surface area contributed by atoms with Crippen LogP contribution in [-0.4, -0.2) is 47.2 Å². The number of aliphatic hydroxyl groups is 1. The minimum absolute atomic E-state index is 0.0858. The highest BCUT2D eigenvalue weighted by Gasteiger charge is 2.45. The number of ether oxygens (including phenoxy) is 2. The monoisotopic (exact) mass is 625 g/mol. The second-order valence-electron chi connectivity index (χ2n) is 10.3. The molecule has 0 bridgehead atoms. The van der Waals surface area contributed by atoms with Gasteiger partial charge in [-0.1, -0.05) is 73.5 Å². The van der Waals surface area contributed by atoms with Crippen LogP contribution >= 0.6 is 15.9 Å². The molecule has 0 aliphatic carbocycles. The van der Waals surface area contributed by atoms with E-state index in [9.17, 15) is 14.4 Å². The number of furan rings is 1. The number of esters is 1. The molecule has 2 aromatic carbocycles. The number of halogens is 1. The highest BCUT2D eigenvalue weighted by molar-refractivity contribution is 9.10. The lowest BCUT2D eigenvalue weighted by molar-refractivity contribution is -0.155. The molecular formula is C32H36BrNO7. The van der Waals surface area contributed by atoms with Gasteiger partial charge in [0, 0.05) is 20.0 Å². The smallest absolute Gasteiger partial charge is 0.416 e. The van der Waals surface area contributed by atoms with E-state index in [1.54, 1.807) is 6.07 Å². The molecule has 218 valence electrons. The van der Waals surface area contributed by atoms with Crippen LogP contribution in [-0.2, 0) is 38.3 Å². The average molecular weight is 627 g/mol. The summed E-state index contributed by atoms with van der Waals surface area (Å²) in [6.07, 6.45) is 3.00. The number of aryl methyl sites for hydroxylation is 1. The number of carbonyl (C=O) groups is 3. The largest absolute Gasteiger partial charge is 0.461 e. The Morgan fingerprint density at radius 1 is 1.02 bits per heavy atom. The van der Waals surface area contributed by atoms with Crippen molar-refractivity contribution in [1.82, 2.24) is 4.90 Å². The van der Waals surface area contributed by atoms with Crippen molar-refractivity contribution in [3.8, 4) is 0 Å². The van der Waals surface area contributed by atoms with Gasteiger partial charge in [-0.05, 0) is 58.8 Å². The third-order valence-corrected chi connectivity index (χ3v) is 7.83. The van der Waals surface area contributed by atoms with E-state index in [4.69, 9.17) is 19.0 Å². The first kappa shape index (κ1) is 30.5. The second-order valence-corrected chi connectivity index (χ2v) is 11.1. The average Bonchev–Trinajstić information content (AvgIpc) is 3.52. The fourth-order valence-electron chi connectivity index (χ4n) is 5.14. The predicted molar refractivity (Wildman–Crippen MR) is 156 cm³/mol. The van der Waals surface area contributed by atoms with Crippen LogP contribution in [0.5, 0.6) is 0 Å². The summed E-state index contributed by atoms with van der Waals surface area (Å²) in [6, 6.07) is 20.3. The molecule has 1 N–H and O–H groups in total. The van der Waals surface area contributed by atoms with E-state index < -0.39 is 36.0 Å². The van der Waals surface area contributed by atoms with Gasteiger partial charge in [0.05, 0.1) is 16.4 Å². The van der Waals surface area contributed by atoms with Crippen molar-refractivity contribution in [3.63, 3.8) is 0 Å². The number of hydrogen-bond donors (Lipinski definition) is 1. The van der Waals surface area contributed by atoms with Crippen LogP contribution in [0.3, 0.4) is 0 Å². The van der Waals surface area contributed by atoms with Crippen molar-refractivity contribution in [2.75, 3.05) is 13.2 Å². The molecule has 1 aromatic heterocycles. The lowest BCUT2D eigenvalue weighted by atomic mass is 9.90. The molecule has 1 aliphatic heterocycles. The van der Waals surface area contributed by atoms with Crippen LogP contribution in [0.2, 0.25) is 0 Å². The number of carbonyl (C=O) groups excluding carboxylic acids is 3. The Labute approximate surface area is 248 Å². The van der Waals surface area contributed by atoms with Gasteiger partial charge in [-0.2, -0.15) is 0 Å². The molecule has 4 rings (SSSR count). The minimum Gasteiger partial charge on any atom is -0.461 e. The topological polar surface area (TPSA) is 106 Å². The van der Waals surface area contributed by atoms with Crippen LogP contribution in [0.25, 0.3) is 0 Å². The van der Waals surface area contributed by atoms with Crippen molar-refractivity contribution in [2.45, 2.75) is 64.0 Å². The third kappa shape index (κ3) is 8.30. The Balaban J connectivity index is 1.65. The van der Waals surface area contributed by atoms with Crippen LogP contribution in [0.1, 0.15) is 61.4 Å². The first-order chi connectivity index (χ1) is 19.9. The molecule has 1 fully saturated rings. The van der Waals surface area contributed by atoms with E-state index in [1.165, 1.54) is 11.8 Å². The summed E-state index contributed by atoms with van der Waals surface area (Å²) in [5.74, 6) is -0.973. The van der Waals surface area contributed by atoms with Gasteiger partial charge in [0.2, 0.25) is 5.91 Å². The highest BCUT2D eigenvalue weighted by Crippen LogP contribution is 2.37. The van der Waals surface area contributed by atoms with E-state index in [-0.39, 0.29) is 19.6 Å². The number of rotatable bonds is 14. The van der Waals surface area contributed by atoms with Gasteiger partial charge in [0.25, 0.3) is 0 Å². The molecule has 2 amide bonds. The Bertz CT molecular complexity index is 1290. The van der Waals surface area contributed by atoms with Crippen molar-refractivity contribution in [3.05, 3.63) is 93.9 Å². The molecule has 9 heteroatoms. The van der Waals surface area contributed by atoms with Crippen LogP contribution in [0.4, 0.5) is 4.79 Å². The van der Waals surface area contributed by atoms with Gasteiger partial charge in [-0.15, -0.1) is 0 Å². The Kier molecular flexibility index (Phi) is 11.2. The Morgan fingerprint density at radius 3 is 2.34 bits per heavy atom. The predicted octanol–water partition coefficient (Wildman–Crippen LogP) is 6.19. The number of nitrogens with zero attached hydrogens (tertiary/aromatic N) is 1. The summed E-state index contributed by atoms with van der Waals surface area (Å²) in [5, 5.41) is 9.02. The minimum atomic E-state index is -1.06. The van der Waals surface area contributed by atoms with E-state index in [2.05, 4.69) is 15.9 Å². The van der Waals surface area contributed by atoms with Crippen LogP contribution < -0.4 is 0 Å². The molecule has 2 heterocycles. The Morgan fingerprint density at radius 2 is 1.68 bits per heavy atom. The number of aliphatic hydroxyl groups excluding tert-OH is 1. The maximum atomic E-state index is 14.3. The molecule has 0 radical (unpaired) electrons. The van der Waals surface area contributed by atoms with E-state index in [0.29, 0.717) is 24.4 Å². The fourth-order valence-corrected chi connectivity index (χ4v) is 5.65. The van der Waals surface area contributed by atoms with E-state index in [0.717, 1.165) is 41.3 Å². The number of cyclic esters (lactones) is 1. The van der Waals surface area contributed by atoms with Crippen molar-refractivity contribution < 1.29 is 33.4 Å². The standard InChI is InChI=1S/C32H36BrNO7/c1-22(36)40-30(29-20-27(33)28(41-29)16-10-2-3-11-17-35)26(19-24-14-8-5-9-15-24)31(37)34-25(21-39-32(34)38)18-23-12-6-4-7-13-23/h4-9,12-15,20,25-26,30,35H,2-3,10-11,16-19,21H2,1H3. The molecule has 3 aromatic rings. The number of benzene rings is 2. The molecule has 1 saturated heterocycles. The highest BCUT2D eigenvalue weighted by atomic mass is 79.9. The zero-order chi connectivity index (χ0) is 29.2. The zero-order valence-electron chi connectivity index (χ0n) is 23.2. The van der Waals surface area contributed by atoms with Gasteiger partial charge < -0.3 is 19.0 Å². The summed E-state index contributed by atoms with van der Waals surface area (Å²) in [7, 11) is 0. The second kappa shape index (κ2) is 15.0. The SMILES string of the molecule is CC(=O)OC(c1cc(Br)c(CCCCCCO)o1)C(Cc1ccccc1)C(=O)N1C(=O)OCC1Cc1ccccc1. The number of imide groups is 1. The maximum absolute atomic E-state index is 14.3. The number of unbranched alkanes of at least 4 members (excludes halogenated alkanes) is 3. The molecule has 41 heavy (non-hydrogen) atoms. The summed E-state index contributed by atoms with van der Waals surface area (Å²) >= 11 is 3.57. The molecule has 8 nitrogen and oxygen atoms in total. The molecule has 1 aliphatic rings. The summed E-state index contributed by atoms with van der Waals surface area (Å²) < 4.78 is 18.1. The van der Waals surface area contributed by atoms with Crippen LogP contribution in [0, 0.1) is 5.92 Å². The van der Waals surface area contributed by atoms with Crippen molar-refractivity contribution in [2.24, 2.45) is 5.92 Å². The maximum Gasteiger partial charge on any atom is 0.416 e. The normalized spacial score (nSPS) is 16.3. The third-order valence-electron chi connectivity index (χ3n) is 7.16. The molecule has 0 saturated carbocycles. The number of amides is 2. The van der Waals surface area contributed by atoms with E-state index >= 15 is 0 Å². The molecule has 0 spiro atoms. The molecular weight excluding hydrogens is 590 g/mol. The van der Waals surface area contributed by atoms with Gasteiger partial charge >= 0.3 is 12.1 Å². The summed E-state index contributed by atoms with van der Waals surface area (Å²) in [4.78, 5) is 40.7.